The molecule has 22 heavy (non-hydrogen) atoms. The average molecular weight is 297 g/mol. The minimum atomic E-state index is 0.832. The van der Waals surface area contributed by atoms with E-state index in [-0.39, 0.29) is 0 Å². The molecule has 1 N–H and O–H groups in total. The maximum absolute atomic E-state index is 6.13. The van der Waals surface area contributed by atoms with E-state index in [2.05, 4.69) is 41.7 Å². The molecule has 4 heteroatoms. The van der Waals surface area contributed by atoms with Crippen molar-refractivity contribution < 1.29 is 4.94 Å². The SMILES string of the molecule is CNCCCCN1Cc2ccccc2N(c2ccccc2)O1. The molecule has 0 unspecified atom stereocenters. The van der Waals surface area contributed by atoms with Crippen LogP contribution in [0.25, 0.3) is 0 Å². The Hall–Kier alpha value is -1.88. The van der Waals surface area contributed by atoms with Crippen molar-refractivity contribution >= 4 is 11.4 Å². The molecule has 3 rings (SSSR count). The van der Waals surface area contributed by atoms with E-state index >= 15 is 0 Å². The summed E-state index contributed by atoms with van der Waals surface area (Å²) in [5, 5.41) is 7.16. The second-order valence-electron chi connectivity index (χ2n) is 5.51. The minimum Gasteiger partial charge on any atom is -0.320 e. The van der Waals surface area contributed by atoms with Crippen LogP contribution >= 0.6 is 0 Å². The number of hydroxylamine groups is 2. The zero-order chi connectivity index (χ0) is 15.2. The summed E-state index contributed by atoms with van der Waals surface area (Å²) in [7, 11) is 1.99. The van der Waals surface area contributed by atoms with Gasteiger partial charge < -0.3 is 5.32 Å². The number of rotatable bonds is 6. The number of fused-ring (bicyclic) bond motifs is 1. The van der Waals surface area contributed by atoms with Gasteiger partial charge >= 0.3 is 0 Å². The molecule has 0 aromatic heterocycles. The number of hydrogen-bond donors (Lipinski definition) is 1. The molecule has 0 radical (unpaired) electrons. The van der Waals surface area contributed by atoms with Crippen LogP contribution in [0.15, 0.2) is 54.6 Å². The van der Waals surface area contributed by atoms with Gasteiger partial charge in [-0.25, -0.2) is 5.06 Å². The lowest BCUT2D eigenvalue weighted by molar-refractivity contribution is -0.176. The minimum absolute atomic E-state index is 0.832. The summed E-state index contributed by atoms with van der Waals surface area (Å²) in [5.74, 6) is 0. The number of unbranched alkanes of at least 4 members (excludes halogenated alkanes) is 1. The third-order valence-corrected chi connectivity index (χ3v) is 3.83. The molecule has 1 aliphatic heterocycles. The van der Waals surface area contributed by atoms with Crippen LogP contribution in [0.2, 0.25) is 0 Å². The summed E-state index contributed by atoms with van der Waals surface area (Å²) in [6, 6.07) is 18.7. The molecule has 4 nitrogen and oxygen atoms in total. The average Bonchev–Trinajstić information content (AvgIpc) is 2.59. The fourth-order valence-corrected chi connectivity index (χ4v) is 2.68. The first-order valence-electron chi connectivity index (χ1n) is 7.89. The predicted octanol–water partition coefficient (Wildman–Crippen LogP) is 3.49. The number of benzene rings is 2. The van der Waals surface area contributed by atoms with Gasteiger partial charge in [0.1, 0.15) is 0 Å². The van der Waals surface area contributed by atoms with Gasteiger partial charge in [-0.05, 0) is 50.2 Å². The van der Waals surface area contributed by atoms with Gasteiger partial charge in [0.2, 0.25) is 0 Å². The highest BCUT2D eigenvalue weighted by Gasteiger charge is 2.24. The van der Waals surface area contributed by atoms with Crippen LogP contribution in [0.5, 0.6) is 0 Å². The summed E-state index contributed by atoms with van der Waals surface area (Å²) in [4.78, 5) is 6.13. The lowest BCUT2D eigenvalue weighted by Crippen LogP contribution is -2.38. The monoisotopic (exact) mass is 297 g/mol. The fourth-order valence-electron chi connectivity index (χ4n) is 2.68. The van der Waals surface area contributed by atoms with Crippen LogP contribution in [-0.4, -0.2) is 25.2 Å². The first-order chi connectivity index (χ1) is 10.9. The molecule has 116 valence electrons. The number of para-hydroxylation sites is 2. The molecule has 2 aromatic rings. The molecule has 1 heterocycles. The molecule has 0 saturated carbocycles. The van der Waals surface area contributed by atoms with Gasteiger partial charge in [0.15, 0.2) is 0 Å². The Morgan fingerprint density at radius 3 is 2.59 bits per heavy atom. The number of anilines is 2. The van der Waals surface area contributed by atoms with E-state index < -0.39 is 0 Å². The Bertz CT molecular complexity index is 588. The first-order valence-corrected chi connectivity index (χ1v) is 7.89. The quantitative estimate of drug-likeness (QED) is 0.826. The second-order valence-corrected chi connectivity index (χ2v) is 5.51. The molecule has 0 saturated heterocycles. The topological polar surface area (TPSA) is 27.7 Å². The number of nitrogens with one attached hydrogen (secondary N) is 1. The first kappa shape index (κ1) is 15.0. The Kier molecular flexibility index (Phi) is 5.06. The van der Waals surface area contributed by atoms with E-state index in [0.29, 0.717) is 0 Å². The zero-order valence-electron chi connectivity index (χ0n) is 13.0. The summed E-state index contributed by atoms with van der Waals surface area (Å²) < 4.78 is 0. The van der Waals surface area contributed by atoms with E-state index in [1.807, 2.05) is 35.4 Å². The number of hydrogen-bond acceptors (Lipinski definition) is 4. The van der Waals surface area contributed by atoms with Crippen LogP contribution in [0.4, 0.5) is 11.4 Å². The Morgan fingerprint density at radius 2 is 1.77 bits per heavy atom. The van der Waals surface area contributed by atoms with Gasteiger partial charge in [-0.15, -0.1) is 0 Å². The normalized spacial score (nSPS) is 14.9. The summed E-state index contributed by atoms with van der Waals surface area (Å²) >= 11 is 0. The maximum atomic E-state index is 6.13. The van der Waals surface area contributed by atoms with E-state index in [0.717, 1.165) is 43.9 Å². The molecule has 2 aromatic carbocycles. The van der Waals surface area contributed by atoms with E-state index in [1.165, 1.54) is 5.56 Å². The van der Waals surface area contributed by atoms with Crippen molar-refractivity contribution in [3.05, 3.63) is 60.2 Å². The molecule has 0 amide bonds. The third kappa shape index (κ3) is 3.47. The largest absolute Gasteiger partial charge is 0.320 e. The van der Waals surface area contributed by atoms with Crippen molar-refractivity contribution in [2.45, 2.75) is 19.4 Å². The van der Waals surface area contributed by atoms with Crippen LogP contribution in [0, 0.1) is 0 Å². The van der Waals surface area contributed by atoms with Gasteiger partial charge in [-0.2, -0.15) is 10.0 Å². The standard InChI is InChI=1S/C18H23N3O/c1-19-13-7-8-14-20-15-16-9-5-6-12-18(16)21(22-20)17-10-3-2-4-11-17/h2-6,9-12,19H,7-8,13-15H2,1H3. The van der Waals surface area contributed by atoms with Crippen molar-refractivity contribution in [1.29, 1.82) is 0 Å². The predicted molar refractivity (Wildman–Crippen MR) is 89.7 cm³/mol. The van der Waals surface area contributed by atoms with Gasteiger partial charge in [0.25, 0.3) is 0 Å². The summed E-state index contributed by atoms with van der Waals surface area (Å²) in [5.41, 5.74) is 3.47. The van der Waals surface area contributed by atoms with Crippen molar-refractivity contribution in [2.24, 2.45) is 0 Å². The number of nitrogens with zero attached hydrogens (tertiary/aromatic N) is 2. The van der Waals surface area contributed by atoms with E-state index in [9.17, 15) is 0 Å². The van der Waals surface area contributed by atoms with Gasteiger partial charge in [0.05, 0.1) is 17.9 Å². The van der Waals surface area contributed by atoms with Crippen LogP contribution < -0.4 is 10.4 Å². The Labute approximate surface area is 132 Å². The molecule has 0 fully saturated rings. The van der Waals surface area contributed by atoms with Crippen molar-refractivity contribution in [3.63, 3.8) is 0 Å². The molecular weight excluding hydrogens is 274 g/mol. The van der Waals surface area contributed by atoms with Gasteiger partial charge in [0, 0.05) is 6.54 Å². The van der Waals surface area contributed by atoms with E-state index in [1.54, 1.807) is 0 Å². The van der Waals surface area contributed by atoms with Crippen LogP contribution in [0.1, 0.15) is 18.4 Å². The third-order valence-electron chi connectivity index (χ3n) is 3.83. The second kappa shape index (κ2) is 7.40. The van der Waals surface area contributed by atoms with Crippen LogP contribution in [0.3, 0.4) is 0 Å². The van der Waals surface area contributed by atoms with Crippen molar-refractivity contribution in [3.8, 4) is 0 Å². The lowest BCUT2D eigenvalue weighted by atomic mass is 10.1. The van der Waals surface area contributed by atoms with Crippen molar-refractivity contribution in [1.82, 2.24) is 10.4 Å². The molecule has 0 spiro atoms. The Morgan fingerprint density at radius 1 is 1.00 bits per heavy atom. The van der Waals surface area contributed by atoms with E-state index in [4.69, 9.17) is 4.94 Å². The lowest BCUT2D eigenvalue weighted by Gasteiger charge is -2.36. The highest BCUT2D eigenvalue weighted by atomic mass is 16.8. The molecular formula is C18H23N3O. The van der Waals surface area contributed by atoms with Gasteiger partial charge in [-0.3, -0.25) is 0 Å². The molecule has 0 atom stereocenters. The van der Waals surface area contributed by atoms with Crippen molar-refractivity contribution in [2.75, 3.05) is 25.2 Å². The summed E-state index contributed by atoms with van der Waals surface area (Å²) in [6.07, 6.45) is 2.27. The molecule has 0 bridgehead atoms. The zero-order valence-corrected chi connectivity index (χ0v) is 13.0. The molecule has 0 aliphatic carbocycles. The maximum Gasteiger partial charge on any atom is 0.0760 e. The smallest absolute Gasteiger partial charge is 0.0760 e. The molecule has 1 aliphatic rings. The van der Waals surface area contributed by atoms with Gasteiger partial charge in [-0.1, -0.05) is 36.4 Å². The highest BCUT2D eigenvalue weighted by Crippen LogP contribution is 2.34. The Balaban J connectivity index is 1.77. The summed E-state index contributed by atoms with van der Waals surface area (Å²) in [6.45, 7) is 2.81. The van der Waals surface area contributed by atoms with Crippen LogP contribution in [-0.2, 0) is 11.5 Å². The fraction of sp³-hybridized carbons (Fsp3) is 0.333. The highest BCUT2D eigenvalue weighted by molar-refractivity contribution is 5.64.